The van der Waals surface area contributed by atoms with Crippen LogP contribution in [0.2, 0.25) is 0 Å². The van der Waals surface area contributed by atoms with E-state index >= 15 is 0 Å². The molecule has 0 aliphatic carbocycles. The van der Waals surface area contributed by atoms with Crippen LogP contribution in [-0.4, -0.2) is 0 Å². The molecule has 2 aromatic carbocycles. The molecular formula is C15H13F4N. The maximum Gasteiger partial charge on any atom is 0.416 e. The molecule has 0 spiro atoms. The zero-order chi connectivity index (χ0) is 14.9. The molecule has 1 nitrogen and oxygen atoms in total. The van der Waals surface area contributed by atoms with Gasteiger partial charge in [0.2, 0.25) is 0 Å². The Kier molecular flexibility index (Phi) is 3.81. The number of halogens is 4. The first-order valence-electron chi connectivity index (χ1n) is 5.98. The first-order valence-corrected chi connectivity index (χ1v) is 5.98. The lowest BCUT2D eigenvalue weighted by atomic mass is 9.96. The minimum atomic E-state index is -4.44. The van der Waals surface area contributed by atoms with Gasteiger partial charge in [-0.25, -0.2) is 4.39 Å². The summed E-state index contributed by atoms with van der Waals surface area (Å²) in [6.45, 7) is 1.58. The second-order valence-electron chi connectivity index (χ2n) is 4.58. The maximum absolute atomic E-state index is 14.0. The molecule has 0 aliphatic heterocycles. The Hall–Kier alpha value is -1.88. The van der Waals surface area contributed by atoms with Crippen molar-refractivity contribution < 1.29 is 17.6 Å². The van der Waals surface area contributed by atoms with Crippen LogP contribution in [0.4, 0.5) is 17.6 Å². The Bertz CT molecular complexity index is 620. The minimum absolute atomic E-state index is 0.185. The van der Waals surface area contributed by atoms with E-state index in [1.165, 1.54) is 18.2 Å². The summed E-state index contributed by atoms with van der Waals surface area (Å²) in [7, 11) is 0. The number of aryl methyl sites for hydroxylation is 1. The van der Waals surface area contributed by atoms with E-state index in [-0.39, 0.29) is 11.1 Å². The minimum Gasteiger partial charge on any atom is -0.320 e. The second kappa shape index (κ2) is 5.25. The third-order valence-electron chi connectivity index (χ3n) is 3.13. The van der Waals surface area contributed by atoms with Crippen molar-refractivity contribution in [2.75, 3.05) is 0 Å². The molecule has 2 aromatic rings. The molecular weight excluding hydrogens is 270 g/mol. The monoisotopic (exact) mass is 283 g/mol. The normalized spacial score (nSPS) is 13.3. The van der Waals surface area contributed by atoms with Gasteiger partial charge in [-0.1, -0.05) is 30.3 Å². The van der Waals surface area contributed by atoms with Crippen molar-refractivity contribution in [3.05, 3.63) is 70.5 Å². The van der Waals surface area contributed by atoms with Gasteiger partial charge < -0.3 is 5.73 Å². The smallest absolute Gasteiger partial charge is 0.320 e. The Morgan fingerprint density at radius 3 is 2.35 bits per heavy atom. The van der Waals surface area contributed by atoms with E-state index in [0.717, 1.165) is 12.1 Å². The van der Waals surface area contributed by atoms with Crippen LogP contribution in [0.1, 0.15) is 28.3 Å². The lowest BCUT2D eigenvalue weighted by Gasteiger charge is -2.16. The number of rotatable bonds is 2. The summed E-state index contributed by atoms with van der Waals surface area (Å²) in [5.74, 6) is -0.489. The Balaban J connectivity index is 2.44. The number of hydrogen-bond acceptors (Lipinski definition) is 1. The van der Waals surface area contributed by atoms with Crippen molar-refractivity contribution in [2.24, 2.45) is 5.73 Å². The lowest BCUT2D eigenvalue weighted by Crippen LogP contribution is -2.15. The number of alkyl halides is 3. The van der Waals surface area contributed by atoms with Crippen LogP contribution in [0.5, 0.6) is 0 Å². The van der Waals surface area contributed by atoms with Crippen molar-refractivity contribution in [1.29, 1.82) is 0 Å². The first kappa shape index (κ1) is 14.5. The summed E-state index contributed by atoms with van der Waals surface area (Å²) in [5, 5.41) is 0. The molecule has 2 N–H and O–H groups in total. The lowest BCUT2D eigenvalue weighted by molar-refractivity contribution is -0.137. The van der Waals surface area contributed by atoms with Gasteiger partial charge in [0.25, 0.3) is 0 Å². The predicted octanol–water partition coefficient (Wildman–Crippen LogP) is 4.20. The number of nitrogens with two attached hydrogens (primary N) is 1. The van der Waals surface area contributed by atoms with E-state index in [0.29, 0.717) is 5.56 Å². The molecule has 0 heterocycles. The van der Waals surface area contributed by atoms with Crippen LogP contribution in [0.25, 0.3) is 0 Å². The molecule has 0 fully saturated rings. The molecule has 5 heteroatoms. The van der Waals surface area contributed by atoms with Gasteiger partial charge in [-0.3, -0.25) is 0 Å². The molecule has 0 amide bonds. The molecule has 0 aliphatic rings. The van der Waals surface area contributed by atoms with Gasteiger partial charge in [0, 0.05) is 5.56 Å². The quantitative estimate of drug-likeness (QED) is 0.821. The van der Waals surface area contributed by atoms with E-state index in [4.69, 9.17) is 5.73 Å². The van der Waals surface area contributed by atoms with Crippen molar-refractivity contribution in [1.82, 2.24) is 0 Å². The van der Waals surface area contributed by atoms with E-state index in [2.05, 4.69) is 0 Å². The van der Waals surface area contributed by atoms with E-state index in [1.807, 2.05) is 0 Å². The Morgan fingerprint density at radius 1 is 1.05 bits per heavy atom. The molecule has 0 saturated heterocycles. The van der Waals surface area contributed by atoms with Gasteiger partial charge in [0.15, 0.2) is 0 Å². The highest BCUT2D eigenvalue weighted by molar-refractivity contribution is 5.37. The molecule has 0 saturated carbocycles. The van der Waals surface area contributed by atoms with Crippen LogP contribution in [0.15, 0.2) is 42.5 Å². The topological polar surface area (TPSA) is 26.0 Å². The SMILES string of the molecule is Cc1cccc(C(N)c2cccc(C(F)(F)F)c2)c1F. The van der Waals surface area contributed by atoms with Crippen molar-refractivity contribution in [2.45, 2.75) is 19.1 Å². The van der Waals surface area contributed by atoms with Crippen molar-refractivity contribution >= 4 is 0 Å². The summed E-state index contributed by atoms with van der Waals surface area (Å²) in [4.78, 5) is 0. The highest BCUT2D eigenvalue weighted by atomic mass is 19.4. The Morgan fingerprint density at radius 2 is 1.70 bits per heavy atom. The molecule has 0 bridgehead atoms. The highest BCUT2D eigenvalue weighted by Crippen LogP contribution is 2.32. The highest BCUT2D eigenvalue weighted by Gasteiger charge is 2.31. The number of benzene rings is 2. The summed E-state index contributed by atoms with van der Waals surface area (Å²) in [5.41, 5.74) is 5.92. The average molecular weight is 283 g/mol. The van der Waals surface area contributed by atoms with E-state index in [1.54, 1.807) is 19.1 Å². The molecule has 1 unspecified atom stereocenters. The molecule has 1 atom stereocenters. The van der Waals surface area contributed by atoms with Gasteiger partial charge in [0.1, 0.15) is 5.82 Å². The van der Waals surface area contributed by atoms with E-state index in [9.17, 15) is 17.6 Å². The molecule has 20 heavy (non-hydrogen) atoms. The van der Waals surface area contributed by atoms with Gasteiger partial charge in [-0.05, 0) is 30.2 Å². The summed E-state index contributed by atoms with van der Waals surface area (Å²) in [6, 6.07) is 8.40. The van der Waals surface area contributed by atoms with Gasteiger partial charge in [-0.15, -0.1) is 0 Å². The van der Waals surface area contributed by atoms with Gasteiger partial charge in [-0.2, -0.15) is 13.2 Å². The predicted molar refractivity (Wildman–Crippen MR) is 68.6 cm³/mol. The molecule has 0 aromatic heterocycles. The maximum atomic E-state index is 14.0. The second-order valence-corrected chi connectivity index (χ2v) is 4.58. The molecule has 0 radical (unpaired) electrons. The van der Waals surface area contributed by atoms with Crippen LogP contribution in [0.3, 0.4) is 0 Å². The van der Waals surface area contributed by atoms with Gasteiger partial charge in [0.05, 0.1) is 11.6 Å². The molecule has 2 rings (SSSR count). The standard InChI is InChI=1S/C15H13F4N/c1-9-4-2-7-12(13(9)16)14(20)10-5-3-6-11(8-10)15(17,18)19/h2-8,14H,20H2,1H3. The molecule has 106 valence electrons. The zero-order valence-electron chi connectivity index (χ0n) is 10.7. The first-order chi connectivity index (χ1) is 9.30. The summed E-state index contributed by atoms with van der Waals surface area (Å²) < 4.78 is 52.0. The fraction of sp³-hybridized carbons (Fsp3) is 0.200. The fourth-order valence-electron chi connectivity index (χ4n) is 2.00. The van der Waals surface area contributed by atoms with Crippen LogP contribution in [-0.2, 0) is 6.18 Å². The number of hydrogen-bond donors (Lipinski definition) is 1. The summed E-state index contributed by atoms with van der Waals surface area (Å²) in [6.07, 6.45) is -4.44. The fourth-order valence-corrected chi connectivity index (χ4v) is 2.00. The summed E-state index contributed by atoms with van der Waals surface area (Å²) >= 11 is 0. The van der Waals surface area contributed by atoms with Gasteiger partial charge >= 0.3 is 6.18 Å². The van der Waals surface area contributed by atoms with E-state index < -0.39 is 23.6 Å². The van der Waals surface area contributed by atoms with Crippen molar-refractivity contribution in [3.8, 4) is 0 Å². The van der Waals surface area contributed by atoms with Crippen LogP contribution < -0.4 is 5.73 Å². The third-order valence-corrected chi connectivity index (χ3v) is 3.13. The van der Waals surface area contributed by atoms with Crippen LogP contribution in [0, 0.1) is 12.7 Å². The third kappa shape index (κ3) is 2.82. The Labute approximate surface area is 114 Å². The average Bonchev–Trinajstić information content (AvgIpc) is 2.40. The zero-order valence-corrected chi connectivity index (χ0v) is 10.7. The van der Waals surface area contributed by atoms with Crippen LogP contribution >= 0.6 is 0 Å². The van der Waals surface area contributed by atoms with Crippen molar-refractivity contribution in [3.63, 3.8) is 0 Å². The largest absolute Gasteiger partial charge is 0.416 e.